The molecule has 2 unspecified atom stereocenters. The zero-order valence-corrected chi connectivity index (χ0v) is 53.4. The summed E-state index contributed by atoms with van der Waals surface area (Å²) in [7, 11) is 5.87. The lowest BCUT2D eigenvalue weighted by molar-refractivity contribution is -0.870. The first kappa shape index (κ1) is 78.6. The molecule has 2 atom stereocenters. The lowest BCUT2D eigenvalue weighted by atomic mass is 10.1. The van der Waals surface area contributed by atoms with E-state index in [1.54, 1.807) is 0 Å². The first-order chi connectivity index (χ1) is 41.6. The van der Waals surface area contributed by atoms with E-state index in [0.29, 0.717) is 23.9 Å². The molecule has 0 aromatic carbocycles. The van der Waals surface area contributed by atoms with Crippen molar-refractivity contribution in [2.45, 2.75) is 193 Å². The number of allylic oxidation sites excluding steroid dienone is 36. The molecule has 0 rings (SSSR count). The molecule has 9 heteroatoms. The van der Waals surface area contributed by atoms with Gasteiger partial charge in [-0.3, -0.25) is 9.59 Å². The van der Waals surface area contributed by atoms with E-state index in [4.69, 9.17) is 18.9 Å². The average Bonchev–Trinajstić information content (AvgIpc) is 3.49. The highest BCUT2D eigenvalue weighted by molar-refractivity contribution is 5.70. The van der Waals surface area contributed by atoms with Crippen LogP contribution in [0, 0.1) is 0 Å². The van der Waals surface area contributed by atoms with Crippen molar-refractivity contribution in [3.05, 3.63) is 219 Å². The molecule has 0 amide bonds. The maximum Gasteiger partial charge on any atom is 0.306 e. The molecule has 0 heterocycles. The molecule has 0 saturated carbocycles. The summed E-state index contributed by atoms with van der Waals surface area (Å²) in [5.74, 6) is -2.44. The van der Waals surface area contributed by atoms with Crippen LogP contribution >= 0.6 is 0 Å². The molecule has 0 aliphatic heterocycles. The van der Waals surface area contributed by atoms with Crippen molar-refractivity contribution in [2.24, 2.45) is 0 Å². The number of carbonyl (C=O) groups is 3. The van der Waals surface area contributed by atoms with Crippen LogP contribution in [-0.2, 0) is 33.3 Å². The van der Waals surface area contributed by atoms with Crippen LogP contribution in [0.2, 0.25) is 0 Å². The molecule has 0 bridgehead atoms. The summed E-state index contributed by atoms with van der Waals surface area (Å²) in [6.07, 6.45) is 98.6. The second kappa shape index (κ2) is 63.6. The van der Waals surface area contributed by atoms with Gasteiger partial charge in [0.2, 0.25) is 0 Å². The molecule has 470 valence electrons. The van der Waals surface area contributed by atoms with Crippen molar-refractivity contribution in [1.82, 2.24) is 0 Å². The van der Waals surface area contributed by atoms with E-state index in [2.05, 4.69) is 233 Å². The summed E-state index contributed by atoms with van der Waals surface area (Å²) in [4.78, 5) is 37.4. The van der Waals surface area contributed by atoms with Crippen LogP contribution in [0.4, 0.5) is 0 Å². The molecule has 9 nitrogen and oxygen atoms in total. The normalized spacial score (nSPS) is 14.2. The Kier molecular flexibility index (Phi) is 58.8. The Bertz CT molecular complexity index is 2190. The molecule has 0 aliphatic rings. The number of quaternary nitrogens is 1. The largest absolute Gasteiger partial charge is 0.545 e. The molecule has 85 heavy (non-hydrogen) atoms. The zero-order chi connectivity index (χ0) is 61.9. The van der Waals surface area contributed by atoms with Gasteiger partial charge in [-0.05, 0) is 154 Å². The van der Waals surface area contributed by atoms with Crippen LogP contribution in [0.1, 0.15) is 181 Å². The first-order valence-electron chi connectivity index (χ1n) is 31.9. The quantitative estimate of drug-likeness (QED) is 0.0195. The van der Waals surface area contributed by atoms with Crippen LogP contribution in [-0.4, -0.2) is 82.3 Å². The van der Waals surface area contributed by atoms with E-state index in [1.807, 2.05) is 21.1 Å². The topological polar surface area (TPSA) is 111 Å². The lowest BCUT2D eigenvalue weighted by Crippen LogP contribution is -2.44. The van der Waals surface area contributed by atoms with Crippen molar-refractivity contribution in [1.29, 1.82) is 0 Å². The molecular weight excluding hydrogens is 1050 g/mol. The monoisotopic (exact) mass is 1170 g/mol. The minimum absolute atomic E-state index is 0.117. The van der Waals surface area contributed by atoms with Crippen molar-refractivity contribution in [2.75, 3.05) is 47.5 Å². The van der Waals surface area contributed by atoms with Gasteiger partial charge < -0.3 is 33.3 Å². The summed E-state index contributed by atoms with van der Waals surface area (Å²) >= 11 is 0. The van der Waals surface area contributed by atoms with Gasteiger partial charge in [0.1, 0.15) is 13.2 Å². The zero-order valence-electron chi connectivity index (χ0n) is 53.4. The van der Waals surface area contributed by atoms with Crippen molar-refractivity contribution in [3.8, 4) is 0 Å². The first-order valence-corrected chi connectivity index (χ1v) is 31.9. The number of aliphatic carboxylic acids is 1. The third-order valence-corrected chi connectivity index (χ3v) is 12.2. The second-order valence-corrected chi connectivity index (χ2v) is 21.2. The number of likely N-dealkylation sites (N-methyl/N-ethyl adjacent to an activating group) is 1. The van der Waals surface area contributed by atoms with Gasteiger partial charge in [-0.15, -0.1) is 0 Å². The van der Waals surface area contributed by atoms with E-state index in [9.17, 15) is 19.5 Å². The second-order valence-electron chi connectivity index (χ2n) is 21.2. The van der Waals surface area contributed by atoms with Gasteiger partial charge in [0.25, 0.3) is 0 Å². The Balaban J connectivity index is 4.45. The van der Waals surface area contributed by atoms with Gasteiger partial charge in [-0.1, -0.05) is 233 Å². The predicted molar refractivity (Wildman–Crippen MR) is 360 cm³/mol. The summed E-state index contributed by atoms with van der Waals surface area (Å²) < 4.78 is 22.6. The highest BCUT2D eigenvalue weighted by Gasteiger charge is 2.22. The highest BCUT2D eigenvalue weighted by atomic mass is 16.7. The van der Waals surface area contributed by atoms with Crippen LogP contribution in [0.5, 0.6) is 0 Å². The minimum atomic E-state index is -1.66. The third-order valence-electron chi connectivity index (χ3n) is 12.2. The van der Waals surface area contributed by atoms with Gasteiger partial charge >= 0.3 is 11.9 Å². The smallest absolute Gasteiger partial charge is 0.306 e. The highest BCUT2D eigenvalue weighted by Crippen LogP contribution is 2.10. The number of nitrogens with zero attached hydrogens (tertiary/aromatic N) is 1. The van der Waals surface area contributed by atoms with Gasteiger partial charge in [-0.25, -0.2) is 0 Å². The van der Waals surface area contributed by atoms with E-state index in [-0.39, 0.29) is 32.7 Å². The minimum Gasteiger partial charge on any atom is -0.545 e. The Morgan fingerprint density at radius 1 is 0.353 bits per heavy atom. The molecule has 0 aromatic heterocycles. The predicted octanol–water partition coefficient (Wildman–Crippen LogP) is 18.5. The van der Waals surface area contributed by atoms with Crippen LogP contribution in [0.25, 0.3) is 0 Å². The van der Waals surface area contributed by atoms with E-state index in [1.165, 1.54) is 0 Å². The molecule has 0 spiro atoms. The van der Waals surface area contributed by atoms with Gasteiger partial charge in [-0.2, -0.15) is 0 Å². The number of carbonyl (C=O) groups excluding carboxylic acids is 3. The van der Waals surface area contributed by atoms with E-state index < -0.39 is 30.3 Å². The molecule has 0 radical (unpaired) electrons. The fraction of sp³-hybridized carbons (Fsp3) is 0.487. The van der Waals surface area contributed by atoms with E-state index in [0.717, 1.165) is 141 Å². The SMILES string of the molecule is CC/C=C\C/C=C\C/C=C\C/C=C\C/C=C\C/C=C\C/C=C\C/C=C\C/C=C\C/C=C\CCCCC(=O)OC(COC(=O)CCCC/C=C\C/C=C\C/C=C\C/C=C\C/C=C\C/C=C\C/C=C\C/C=C\CC)COC(OCC[N+](C)(C)C)C(=O)[O-]. The molecule has 0 aliphatic carbocycles. The summed E-state index contributed by atoms with van der Waals surface area (Å²) in [5, 5.41) is 11.8. The Hall–Kier alpha value is -6.39. The molecule has 0 N–H and O–H groups in total. The third kappa shape index (κ3) is 65.0. The fourth-order valence-corrected chi connectivity index (χ4v) is 7.40. The Morgan fingerprint density at radius 3 is 0.894 bits per heavy atom. The van der Waals surface area contributed by atoms with Crippen LogP contribution < -0.4 is 5.11 Å². The number of hydrogen-bond acceptors (Lipinski definition) is 8. The number of unbranched alkanes of at least 4 members (excludes halogenated alkanes) is 4. The van der Waals surface area contributed by atoms with Crippen molar-refractivity contribution >= 4 is 17.9 Å². The van der Waals surface area contributed by atoms with Crippen LogP contribution in [0.3, 0.4) is 0 Å². The number of rotatable bonds is 55. The van der Waals surface area contributed by atoms with E-state index >= 15 is 0 Å². The summed E-state index contributed by atoms with van der Waals surface area (Å²) in [5.41, 5.74) is 0. The average molecular weight is 1170 g/mol. The van der Waals surface area contributed by atoms with Gasteiger partial charge in [0, 0.05) is 12.8 Å². The number of hydrogen-bond donors (Lipinski definition) is 0. The summed E-state index contributed by atoms with van der Waals surface area (Å²) in [6, 6.07) is 0. The standard InChI is InChI=1S/C76H113NO8/c1-6-8-10-12-14-16-18-20-22-24-26-28-30-32-34-35-36-37-38-39-41-43-45-47-49-51-53-55-57-59-61-63-65-67-74(79)85-72(71-84-76(75(80)81)82-69-68-77(3,4)5)70-83-73(78)66-64-62-60-58-56-54-52-50-48-46-44-42-40-33-31-29-27-25-23-21-19-17-15-13-11-9-7-2/h8-11,14-17,20-23,26-29,32-34,36-37,39-41,44-47,50-53,56-59,72,76H,6-7,12-13,18-19,24-25,30-31,35,38,42-43,48-49,54-55,60-71H2,1-5H3/b10-8-,11-9-,16-14-,17-15-,22-20-,23-21-,28-26-,29-27-,34-32-,37-36-,40-33-,41-39-,46-44-,47-45-,52-50-,53-51-,58-56-,59-57-. The van der Waals surface area contributed by atoms with Gasteiger partial charge in [0.15, 0.2) is 12.4 Å². The van der Waals surface area contributed by atoms with Gasteiger partial charge in [0.05, 0.1) is 40.3 Å². The molecule has 0 fully saturated rings. The number of esters is 2. The Morgan fingerprint density at radius 2 is 0.624 bits per heavy atom. The molecule has 0 aromatic rings. The number of carboxylic acid groups (broad SMARTS) is 1. The maximum atomic E-state index is 12.9. The summed E-state index contributed by atoms with van der Waals surface area (Å²) in [6.45, 7) is 4.37. The molecule has 0 saturated heterocycles. The van der Waals surface area contributed by atoms with Crippen molar-refractivity contribution < 1.29 is 42.9 Å². The number of ether oxygens (including phenoxy) is 4. The molecular formula is C76H113NO8. The Labute approximate surface area is 517 Å². The fourth-order valence-electron chi connectivity index (χ4n) is 7.40. The van der Waals surface area contributed by atoms with Crippen molar-refractivity contribution in [3.63, 3.8) is 0 Å². The lowest BCUT2D eigenvalue weighted by Gasteiger charge is -2.26. The van der Waals surface area contributed by atoms with Crippen LogP contribution in [0.15, 0.2) is 219 Å². The number of carboxylic acids is 1. The maximum absolute atomic E-state index is 12.9.